The summed E-state index contributed by atoms with van der Waals surface area (Å²) in [6, 6.07) is 1.27. The van der Waals surface area contributed by atoms with Gasteiger partial charge in [0.15, 0.2) is 11.1 Å². The number of halogens is 2. The molecule has 0 aliphatic heterocycles. The molecule has 1 rings (SSSR count). The summed E-state index contributed by atoms with van der Waals surface area (Å²) in [4.78, 5) is 21.7. The Balaban J connectivity index is 3.27. The number of nitrogens with zero attached hydrogens (tertiary/aromatic N) is 1. The van der Waals surface area contributed by atoms with Crippen LogP contribution in [0.5, 0.6) is 0 Å². The minimum absolute atomic E-state index is 0.623. The van der Waals surface area contributed by atoms with Gasteiger partial charge in [0.25, 0.3) is 6.43 Å². The highest BCUT2D eigenvalue weighted by molar-refractivity contribution is 5.22. The Morgan fingerprint density at radius 1 is 1.46 bits per heavy atom. The zero-order valence-electron chi connectivity index (χ0n) is 6.16. The van der Waals surface area contributed by atoms with Gasteiger partial charge >= 0.3 is 5.82 Å². The van der Waals surface area contributed by atoms with Gasteiger partial charge in [0.05, 0.1) is 6.07 Å². The fourth-order valence-corrected chi connectivity index (χ4v) is 0.766. The van der Waals surface area contributed by atoms with Gasteiger partial charge in [-0.15, -0.1) is 0 Å². The van der Waals surface area contributed by atoms with E-state index < -0.39 is 28.3 Å². The van der Waals surface area contributed by atoms with Crippen LogP contribution >= 0.6 is 0 Å². The number of hydrogen-bond acceptors (Lipinski definition) is 3. The lowest BCUT2D eigenvalue weighted by atomic mass is 10.3. The molecule has 1 aromatic rings. The van der Waals surface area contributed by atoms with Crippen molar-refractivity contribution in [1.82, 2.24) is 4.98 Å². The molecule has 0 spiro atoms. The van der Waals surface area contributed by atoms with Crippen molar-refractivity contribution >= 4 is 5.82 Å². The number of H-pyrrole nitrogens is 1. The maximum Gasteiger partial charge on any atom is 0.325 e. The molecule has 0 amide bonds. The Bertz CT molecular complexity index is 388. The van der Waals surface area contributed by atoms with Crippen LogP contribution in [0.25, 0.3) is 0 Å². The third-order valence-electron chi connectivity index (χ3n) is 1.28. The molecular weight excluding hydrogens is 186 g/mol. The minimum atomic E-state index is -2.92. The van der Waals surface area contributed by atoms with Gasteiger partial charge in [0.2, 0.25) is 0 Å². The van der Waals surface area contributed by atoms with E-state index in [1.165, 1.54) is 0 Å². The molecule has 0 fully saturated rings. The quantitative estimate of drug-likeness (QED) is 0.562. The number of nitrogens with one attached hydrogen (secondary N) is 1. The molecule has 0 saturated heterocycles. The van der Waals surface area contributed by atoms with E-state index in [0.29, 0.717) is 12.1 Å². The molecule has 7 heteroatoms. The fraction of sp³-hybridized carbons (Fsp3) is 0.167. The maximum atomic E-state index is 12.0. The van der Waals surface area contributed by atoms with Gasteiger partial charge in [-0.3, -0.25) is 4.79 Å². The highest BCUT2D eigenvalue weighted by Crippen LogP contribution is 2.16. The molecule has 0 aromatic carbocycles. The van der Waals surface area contributed by atoms with Crippen molar-refractivity contribution in [2.24, 2.45) is 0 Å². The van der Waals surface area contributed by atoms with Crippen molar-refractivity contribution in [3.63, 3.8) is 0 Å². The Labute approximate surface area is 70.2 Å². The van der Waals surface area contributed by atoms with Gasteiger partial charge in [0.1, 0.15) is 0 Å². The standard InChI is InChI=1S/C6H4F2N2O3/c7-6(8)4-1-3(11)2-5(9-4)10(12)13/h1-2,6H,(H,9,11). The summed E-state index contributed by atoms with van der Waals surface area (Å²) in [5.41, 5.74) is -1.57. The fourth-order valence-electron chi connectivity index (χ4n) is 0.766. The van der Waals surface area contributed by atoms with Crippen LogP contribution in [0.3, 0.4) is 0 Å². The van der Waals surface area contributed by atoms with E-state index >= 15 is 0 Å². The van der Waals surface area contributed by atoms with E-state index in [1.807, 2.05) is 4.98 Å². The first kappa shape index (κ1) is 9.30. The van der Waals surface area contributed by atoms with Crippen LogP contribution in [-0.4, -0.2) is 9.91 Å². The summed E-state index contributed by atoms with van der Waals surface area (Å²) in [6.45, 7) is 0. The summed E-state index contributed by atoms with van der Waals surface area (Å²) in [6.07, 6.45) is -2.92. The second kappa shape index (κ2) is 3.30. The van der Waals surface area contributed by atoms with Crippen molar-refractivity contribution in [3.8, 4) is 0 Å². The number of pyridine rings is 1. The molecule has 5 nitrogen and oxygen atoms in total. The third kappa shape index (κ3) is 2.08. The zero-order chi connectivity index (χ0) is 10.0. The van der Waals surface area contributed by atoms with Gasteiger partial charge in [0, 0.05) is 6.07 Å². The van der Waals surface area contributed by atoms with Gasteiger partial charge in [-0.25, -0.2) is 13.8 Å². The van der Waals surface area contributed by atoms with Crippen molar-refractivity contribution in [1.29, 1.82) is 0 Å². The van der Waals surface area contributed by atoms with Crippen LogP contribution in [0, 0.1) is 10.1 Å². The third-order valence-corrected chi connectivity index (χ3v) is 1.28. The first-order chi connectivity index (χ1) is 6.00. The summed E-state index contributed by atoms with van der Waals surface area (Å²) in [5.74, 6) is -0.734. The average molecular weight is 190 g/mol. The number of rotatable bonds is 2. The smallest absolute Gasteiger partial charge is 0.325 e. The molecule has 0 saturated carbocycles. The molecule has 0 atom stereocenters. The summed E-state index contributed by atoms with van der Waals surface area (Å²) < 4.78 is 24.0. The average Bonchev–Trinajstić information content (AvgIpc) is 2.03. The highest BCUT2D eigenvalue weighted by Gasteiger charge is 2.15. The van der Waals surface area contributed by atoms with Crippen molar-refractivity contribution < 1.29 is 13.7 Å². The van der Waals surface area contributed by atoms with E-state index in [2.05, 4.69) is 0 Å². The number of hydrogen-bond donors (Lipinski definition) is 1. The lowest BCUT2D eigenvalue weighted by molar-refractivity contribution is -0.389. The van der Waals surface area contributed by atoms with Crippen LogP contribution < -0.4 is 5.43 Å². The van der Waals surface area contributed by atoms with Gasteiger partial charge in [-0.05, 0) is 4.92 Å². The number of nitro groups is 1. The zero-order valence-corrected chi connectivity index (χ0v) is 6.16. The van der Waals surface area contributed by atoms with Crippen molar-refractivity contribution in [2.75, 3.05) is 0 Å². The number of alkyl halides is 2. The van der Waals surface area contributed by atoms with Gasteiger partial charge in [-0.1, -0.05) is 0 Å². The van der Waals surface area contributed by atoms with Gasteiger partial charge < -0.3 is 10.1 Å². The van der Waals surface area contributed by atoms with Crippen LogP contribution in [0.15, 0.2) is 16.9 Å². The van der Waals surface area contributed by atoms with Crippen LogP contribution in [0.2, 0.25) is 0 Å². The molecule has 0 aliphatic rings. The molecule has 0 bridgehead atoms. The van der Waals surface area contributed by atoms with E-state index in [1.54, 1.807) is 0 Å². The Hall–Kier alpha value is -1.79. The predicted molar refractivity (Wildman–Crippen MR) is 38.7 cm³/mol. The Kier molecular flexibility index (Phi) is 2.36. The normalized spacial score (nSPS) is 10.4. The van der Waals surface area contributed by atoms with E-state index in [4.69, 9.17) is 0 Å². The van der Waals surface area contributed by atoms with Crippen LogP contribution in [-0.2, 0) is 0 Å². The number of aromatic nitrogens is 1. The lowest BCUT2D eigenvalue weighted by Crippen LogP contribution is -2.06. The molecule has 13 heavy (non-hydrogen) atoms. The van der Waals surface area contributed by atoms with E-state index in [0.717, 1.165) is 0 Å². The monoisotopic (exact) mass is 190 g/mol. The van der Waals surface area contributed by atoms with Crippen molar-refractivity contribution in [2.45, 2.75) is 6.43 Å². The van der Waals surface area contributed by atoms with Crippen LogP contribution in [0.4, 0.5) is 14.6 Å². The maximum absolute atomic E-state index is 12.0. The SMILES string of the molecule is O=c1cc(C(F)F)[nH]c([N+](=O)[O-])c1. The molecule has 70 valence electrons. The molecule has 1 heterocycles. The van der Waals surface area contributed by atoms with E-state index in [-0.39, 0.29) is 0 Å². The minimum Gasteiger partial charge on any atom is -0.358 e. The molecule has 0 unspecified atom stereocenters. The van der Waals surface area contributed by atoms with Crippen molar-refractivity contribution in [3.05, 3.63) is 38.2 Å². The molecule has 1 N–H and O–H groups in total. The second-order valence-electron chi connectivity index (χ2n) is 2.21. The van der Waals surface area contributed by atoms with Crippen LogP contribution in [0.1, 0.15) is 12.1 Å². The Morgan fingerprint density at radius 2 is 2.08 bits per heavy atom. The lowest BCUT2D eigenvalue weighted by Gasteiger charge is -1.97. The number of aromatic amines is 1. The highest BCUT2D eigenvalue weighted by atomic mass is 19.3. The van der Waals surface area contributed by atoms with E-state index in [9.17, 15) is 23.7 Å². The van der Waals surface area contributed by atoms with Gasteiger partial charge in [-0.2, -0.15) is 0 Å². The predicted octanol–water partition coefficient (Wildman–Crippen LogP) is 1.22. The first-order valence-corrected chi connectivity index (χ1v) is 3.17. The first-order valence-electron chi connectivity index (χ1n) is 3.17. The second-order valence-corrected chi connectivity index (χ2v) is 2.21. The Morgan fingerprint density at radius 3 is 2.54 bits per heavy atom. The summed E-state index contributed by atoms with van der Waals surface area (Å²) in [5, 5.41) is 10.1. The molecular formula is C6H4F2N2O3. The summed E-state index contributed by atoms with van der Waals surface area (Å²) >= 11 is 0. The summed E-state index contributed by atoms with van der Waals surface area (Å²) in [7, 11) is 0. The molecule has 0 aliphatic carbocycles. The molecule has 0 radical (unpaired) electrons. The molecule has 1 aromatic heterocycles. The topological polar surface area (TPSA) is 76.0 Å². The largest absolute Gasteiger partial charge is 0.358 e.